The van der Waals surface area contributed by atoms with Gasteiger partial charge in [-0.15, -0.1) is 11.8 Å². The zero-order valence-electron chi connectivity index (χ0n) is 14.3. The van der Waals surface area contributed by atoms with Crippen LogP contribution in [0.5, 0.6) is 11.5 Å². The Morgan fingerprint density at radius 3 is 2.80 bits per heavy atom. The summed E-state index contributed by atoms with van der Waals surface area (Å²) in [4.78, 5) is 5.90. The predicted molar refractivity (Wildman–Crippen MR) is 106 cm³/mol. The highest BCUT2D eigenvalue weighted by molar-refractivity contribution is 7.98. The van der Waals surface area contributed by atoms with Gasteiger partial charge in [-0.2, -0.15) is 0 Å². The van der Waals surface area contributed by atoms with Crippen LogP contribution in [0.4, 0.5) is 0 Å². The van der Waals surface area contributed by atoms with Crippen molar-refractivity contribution in [3.8, 4) is 22.8 Å². The molecule has 0 spiro atoms. The van der Waals surface area contributed by atoms with Gasteiger partial charge in [0.05, 0.1) is 23.9 Å². The summed E-state index contributed by atoms with van der Waals surface area (Å²) in [5, 5.41) is 1.13. The molecule has 2 aromatic heterocycles. The lowest BCUT2D eigenvalue weighted by Gasteiger charge is -2.06. The van der Waals surface area contributed by atoms with E-state index in [1.165, 1.54) is 4.70 Å². The van der Waals surface area contributed by atoms with Crippen LogP contribution in [-0.4, -0.2) is 29.4 Å². The Morgan fingerprint density at radius 2 is 2.04 bits per heavy atom. The van der Waals surface area contributed by atoms with Crippen LogP contribution in [-0.2, 0) is 0 Å². The topological polar surface area (TPSA) is 35.8 Å². The molecule has 0 radical (unpaired) electrons. The summed E-state index contributed by atoms with van der Waals surface area (Å²) in [6.07, 6.45) is 2.09. The quantitative estimate of drug-likeness (QED) is 0.444. The summed E-state index contributed by atoms with van der Waals surface area (Å²) in [7, 11) is 1.68. The molecule has 0 N–H and O–H groups in total. The van der Waals surface area contributed by atoms with Crippen LogP contribution in [0.15, 0.2) is 47.5 Å². The number of thioether (sulfide) groups is 1. The Balaban J connectivity index is 1.95. The Labute approximate surface area is 154 Å². The third-order valence-electron chi connectivity index (χ3n) is 4.02. The van der Waals surface area contributed by atoms with E-state index >= 15 is 0 Å². The van der Waals surface area contributed by atoms with Gasteiger partial charge in [-0.05, 0) is 37.4 Å². The van der Waals surface area contributed by atoms with Gasteiger partial charge in [-0.3, -0.25) is 4.40 Å². The molecule has 0 amide bonds. The lowest BCUT2D eigenvalue weighted by atomic mass is 10.1. The first-order valence-electron chi connectivity index (χ1n) is 8.01. The van der Waals surface area contributed by atoms with Crippen LogP contribution in [0.3, 0.4) is 0 Å². The number of thiazole rings is 1. The maximum atomic E-state index is 5.68. The number of methoxy groups -OCH3 is 1. The summed E-state index contributed by atoms with van der Waals surface area (Å²) in [5.41, 5.74) is 3.19. The van der Waals surface area contributed by atoms with Crippen molar-refractivity contribution in [3.05, 3.63) is 42.5 Å². The van der Waals surface area contributed by atoms with Gasteiger partial charge in [0, 0.05) is 11.6 Å². The maximum Gasteiger partial charge on any atom is 0.196 e. The Bertz CT molecular complexity index is 1050. The lowest BCUT2D eigenvalue weighted by molar-refractivity contribution is 0.340. The molecule has 0 bridgehead atoms. The molecule has 2 heterocycles. The van der Waals surface area contributed by atoms with Crippen molar-refractivity contribution >= 4 is 38.3 Å². The van der Waals surface area contributed by atoms with E-state index in [2.05, 4.69) is 28.9 Å². The molecule has 0 aliphatic heterocycles. The number of hydrogen-bond acceptors (Lipinski definition) is 5. The third kappa shape index (κ3) is 2.75. The fraction of sp³-hybridized carbons (Fsp3) is 0.211. The molecular weight excluding hydrogens is 352 g/mol. The number of rotatable bonds is 5. The normalized spacial score (nSPS) is 11.3. The third-order valence-corrected chi connectivity index (χ3v) is 5.81. The molecule has 0 saturated heterocycles. The zero-order valence-corrected chi connectivity index (χ0v) is 15.9. The fourth-order valence-corrected chi connectivity index (χ4v) is 4.71. The van der Waals surface area contributed by atoms with Crippen LogP contribution in [0.2, 0.25) is 0 Å². The average Bonchev–Trinajstić information content (AvgIpc) is 3.17. The van der Waals surface area contributed by atoms with Gasteiger partial charge in [0.2, 0.25) is 0 Å². The number of imidazole rings is 1. The minimum atomic E-state index is 0.660. The SMILES string of the molecule is CCOc1ccc2sc3nc(-c4cccc(OC)c4)c(SC)n3c2c1. The maximum absolute atomic E-state index is 5.68. The summed E-state index contributed by atoms with van der Waals surface area (Å²) in [6, 6.07) is 14.3. The molecule has 0 fully saturated rings. The second kappa shape index (κ2) is 6.61. The van der Waals surface area contributed by atoms with Gasteiger partial charge in [0.15, 0.2) is 4.96 Å². The van der Waals surface area contributed by atoms with E-state index < -0.39 is 0 Å². The first-order valence-corrected chi connectivity index (χ1v) is 10.1. The van der Waals surface area contributed by atoms with Crippen LogP contribution >= 0.6 is 23.1 Å². The van der Waals surface area contributed by atoms with Gasteiger partial charge >= 0.3 is 0 Å². The molecule has 0 atom stereocenters. The number of fused-ring (bicyclic) bond motifs is 3. The van der Waals surface area contributed by atoms with Crippen LogP contribution < -0.4 is 9.47 Å². The van der Waals surface area contributed by atoms with Gasteiger partial charge in [-0.1, -0.05) is 23.5 Å². The second-order valence-corrected chi connectivity index (χ2v) is 7.29. The standard InChI is InChI=1S/C19H18N2O2S2/c1-4-23-14-8-9-16-15(11-14)21-18(24-3)17(20-19(21)25-16)12-6-5-7-13(10-12)22-2/h5-11H,4H2,1-3H3. The van der Waals surface area contributed by atoms with Crippen molar-refractivity contribution in [2.45, 2.75) is 11.9 Å². The summed E-state index contributed by atoms with van der Waals surface area (Å²) < 4.78 is 14.5. The van der Waals surface area contributed by atoms with Crippen molar-refractivity contribution in [2.75, 3.05) is 20.0 Å². The molecule has 0 aliphatic carbocycles. The van der Waals surface area contributed by atoms with E-state index in [4.69, 9.17) is 14.5 Å². The second-order valence-electron chi connectivity index (χ2n) is 5.48. The molecule has 4 rings (SSSR count). The number of ether oxygens (including phenoxy) is 2. The minimum Gasteiger partial charge on any atom is -0.497 e. The predicted octanol–water partition coefficient (Wildman–Crippen LogP) is 5.35. The molecule has 4 nitrogen and oxygen atoms in total. The first-order chi connectivity index (χ1) is 12.2. The van der Waals surface area contributed by atoms with Crippen LogP contribution in [0.1, 0.15) is 6.92 Å². The number of benzene rings is 2. The molecule has 2 aromatic carbocycles. The molecule has 0 saturated carbocycles. The Kier molecular flexibility index (Phi) is 4.31. The molecule has 128 valence electrons. The molecule has 0 aliphatic rings. The Morgan fingerprint density at radius 1 is 1.16 bits per heavy atom. The minimum absolute atomic E-state index is 0.660. The van der Waals surface area contributed by atoms with Gasteiger partial charge in [-0.25, -0.2) is 4.98 Å². The average molecular weight is 370 g/mol. The number of hydrogen-bond donors (Lipinski definition) is 0. The molecule has 0 unspecified atom stereocenters. The summed E-state index contributed by atoms with van der Waals surface area (Å²) in [5.74, 6) is 1.72. The molecular formula is C19H18N2O2S2. The highest BCUT2D eigenvalue weighted by Crippen LogP contribution is 2.38. The first kappa shape index (κ1) is 16.3. The van der Waals surface area contributed by atoms with Gasteiger partial charge < -0.3 is 9.47 Å². The number of nitrogens with zero attached hydrogens (tertiary/aromatic N) is 2. The fourth-order valence-electron chi connectivity index (χ4n) is 2.93. The Hall–Kier alpha value is -2.18. The molecule has 4 aromatic rings. The van der Waals surface area contributed by atoms with Crippen LogP contribution in [0, 0.1) is 0 Å². The van der Waals surface area contributed by atoms with E-state index in [-0.39, 0.29) is 0 Å². The summed E-state index contributed by atoms with van der Waals surface area (Å²) >= 11 is 3.40. The van der Waals surface area contributed by atoms with E-state index in [0.29, 0.717) is 6.61 Å². The van der Waals surface area contributed by atoms with E-state index in [1.807, 2.05) is 31.2 Å². The lowest BCUT2D eigenvalue weighted by Crippen LogP contribution is -1.91. The van der Waals surface area contributed by atoms with Crippen molar-refractivity contribution in [2.24, 2.45) is 0 Å². The zero-order chi connectivity index (χ0) is 17.4. The van der Waals surface area contributed by atoms with Crippen molar-refractivity contribution in [3.63, 3.8) is 0 Å². The number of aromatic nitrogens is 2. The van der Waals surface area contributed by atoms with E-state index in [9.17, 15) is 0 Å². The van der Waals surface area contributed by atoms with E-state index in [1.54, 1.807) is 30.2 Å². The highest BCUT2D eigenvalue weighted by atomic mass is 32.2. The van der Waals surface area contributed by atoms with Crippen molar-refractivity contribution < 1.29 is 9.47 Å². The van der Waals surface area contributed by atoms with Crippen LogP contribution in [0.25, 0.3) is 26.4 Å². The molecule has 25 heavy (non-hydrogen) atoms. The molecule has 6 heteroatoms. The summed E-state index contributed by atoms with van der Waals surface area (Å²) in [6.45, 7) is 2.66. The van der Waals surface area contributed by atoms with Gasteiger partial charge in [0.25, 0.3) is 0 Å². The smallest absolute Gasteiger partial charge is 0.196 e. The monoisotopic (exact) mass is 370 g/mol. The largest absolute Gasteiger partial charge is 0.497 e. The van der Waals surface area contributed by atoms with Crippen molar-refractivity contribution in [1.29, 1.82) is 0 Å². The highest BCUT2D eigenvalue weighted by Gasteiger charge is 2.18. The van der Waals surface area contributed by atoms with Gasteiger partial charge in [0.1, 0.15) is 22.2 Å². The van der Waals surface area contributed by atoms with E-state index in [0.717, 1.165) is 38.3 Å². The van der Waals surface area contributed by atoms with Crippen molar-refractivity contribution in [1.82, 2.24) is 9.38 Å².